The number of aliphatic hydroxyl groups is 1. The molecule has 0 aliphatic carbocycles. The molecule has 0 saturated heterocycles. The molecular formula is C15H28ClNO2Si. The summed E-state index contributed by atoms with van der Waals surface area (Å²) in [6.45, 7) is 11.4. The van der Waals surface area contributed by atoms with E-state index in [0.717, 1.165) is 11.3 Å². The summed E-state index contributed by atoms with van der Waals surface area (Å²) >= 11 is 0. The maximum Gasteiger partial charge on any atom is 0.250 e. The Morgan fingerprint density at radius 1 is 1.25 bits per heavy atom. The highest BCUT2D eigenvalue weighted by Crippen LogP contribution is 2.38. The van der Waals surface area contributed by atoms with Crippen LogP contribution in [0.2, 0.25) is 18.1 Å². The molecule has 5 heteroatoms. The predicted molar refractivity (Wildman–Crippen MR) is 90.3 cm³/mol. The second-order valence-electron chi connectivity index (χ2n) is 6.56. The second-order valence-corrected chi connectivity index (χ2v) is 11.3. The first-order valence-corrected chi connectivity index (χ1v) is 9.73. The molecule has 3 nitrogen and oxygen atoms in total. The van der Waals surface area contributed by atoms with Crippen molar-refractivity contribution in [3.05, 3.63) is 29.8 Å². The fraction of sp³-hybridized carbons (Fsp3) is 0.600. The molecular weight excluding hydrogens is 290 g/mol. The van der Waals surface area contributed by atoms with E-state index in [-0.39, 0.29) is 24.0 Å². The summed E-state index contributed by atoms with van der Waals surface area (Å²) in [5.74, 6) is 0.890. The minimum Gasteiger partial charge on any atom is -0.543 e. The number of rotatable bonds is 5. The van der Waals surface area contributed by atoms with E-state index < -0.39 is 14.4 Å². The highest BCUT2D eigenvalue weighted by molar-refractivity contribution is 6.74. The lowest BCUT2D eigenvalue weighted by molar-refractivity contribution is 0.182. The molecule has 1 unspecified atom stereocenters. The van der Waals surface area contributed by atoms with Crippen molar-refractivity contribution in [3.8, 4) is 5.75 Å². The first-order chi connectivity index (χ1) is 8.67. The molecule has 0 saturated carbocycles. The lowest BCUT2D eigenvalue weighted by atomic mass is 10.1. The van der Waals surface area contributed by atoms with Crippen LogP contribution < -0.4 is 10.2 Å². The topological polar surface area (TPSA) is 55.5 Å². The molecule has 20 heavy (non-hydrogen) atoms. The van der Waals surface area contributed by atoms with E-state index in [4.69, 9.17) is 10.2 Å². The second kappa shape index (κ2) is 7.45. The van der Waals surface area contributed by atoms with Crippen molar-refractivity contribution in [2.75, 3.05) is 6.54 Å². The number of halogens is 1. The highest BCUT2D eigenvalue weighted by Gasteiger charge is 2.39. The Bertz CT molecular complexity index is 419. The van der Waals surface area contributed by atoms with E-state index in [0.29, 0.717) is 6.42 Å². The fourth-order valence-corrected chi connectivity index (χ4v) is 2.59. The van der Waals surface area contributed by atoms with Gasteiger partial charge in [0.05, 0.1) is 6.10 Å². The van der Waals surface area contributed by atoms with Gasteiger partial charge in [0.25, 0.3) is 0 Å². The third kappa shape index (κ3) is 5.09. The molecule has 1 rings (SSSR count). The number of benzene rings is 1. The molecule has 0 radical (unpaired) electrons. The Labute approximate surface area is 130 Å². The van der Waals surface area contributed by atoms with Crippen LogP contribution in [0.5, 0.6) is 5.75 Å². The summed E-state index contributed by atoms with van der Waals surface area (Å²) < 4.78 is 6.33. The van der Waals surface area contributed by atoms with Crippen LogP contribution in [0.3, 0.4) is 0 Å². The Balaban J connectivity index is 0.00000361. The largest absolute Gasteiger partial charge is 0.543 e. The lowest BCUT2D eigenvalue weighted by Crippen LogP contribution is -2.44. The molecule has 0 amide bonds. The Morgan fingerprint density at radius 2 is 1.80 bits per heavy atom. The van der Waals surface area contributed by atoms with Gasteiger partial charge in [-0.05, 0) is 29.8 Å². The molecule has 116 valence electrons. The Kier molecular flexibility index (Phi) is 7.25. The Hall–Kier alpha value is -0.553. The van der Waals surface area contributed by atoms with Crippen molar-refractivity contribution < 1.29 is 9.53 Å². The van der Waals surface area contributed by atoms with Crippen LogP contribution in [0.1, 0.15) is 26.3 Å². The fourth-order valence-electron chi connectivity index (χ4n) is 1.54. The zero-order chi connectivity index (χ0) is 14.7. The summed E-state index contributed by atoms with van der Waals surface area (Å²) in [6, 6.07) is 7.93. The first-order valence-electron chi connectivity index (χ1n) is 6.82. The first kappa shape index (κ1) is 19.4. The zero-order valence-electron chi connectivity index (χ0n) is 13.1. The molecule has 0 aromatic heterocycles. The van der Waals surface area contributed by atoms with Gasteiger partial charge in [0.1, 0.15) is 5.75 Å². The van der Waals surface area contributed by atoms with Gasteiger partial charge in [-0.25, -0.2) is 0 Å². The van der Waals surface area contributed by atoms with Crippen molar-refractivity contribution in [1.82, 2.24) is 0 Å². The van der Waals surface area contributed by atoms with Crippen LogP contribution in [-0.4, -0.2) is 26.1 Å². The summed E-state index contributed by atoms with van der Waals surface area (Å²) in [5.41, 5.74) is 6.52. The van der Waals surface area contributed by atoms with E-state index in [1.807, 2.05) is 24.3 Å². The molecule has 1 aromatic rings. The van der Waals surface area contributed by atoms with Crippen LogP contribution in [0.4, 0.5) is 0 Å². The van der Waals surface area contributed by atoms with Gasteiger partial charge in [-0.2, -0.15) is 0 Å². The van der Waals surface area contributed by atoms with Crippen molar-refractivity contribution in [2.45, 2.75) is 51.4 Å². The van der Waals surface area contributed by atoms with Gasteiger partial charge in [-0.3, -0.25) is 0 Å². The number of nitrogens with two attached hydrogens (primary N) is 1. The van der Waals surface area contributed by atoms with Crippen LogP contribution in [0.25, 0.3) is 0 Å². The standard InChI is InChI=1S/C15H27NO2Si.ClH/c1-15(2,3)19(4,5)18-14-9-7-6-8-12(14)10-13(17)11-16;/h6-9,13,17H,10-11,16H2,1-5H3;1H. The van der Waals surface area contributed by atoms with Crippen LogP contribution in [-0.2, 0) is 6.42 Å². The molecule has 1 atom stereocenters. The molecule has 0 bridgehead atoms. The number of aliphatic hydroxyl groups excluding tert-OH is 1. The van der Waals surface area contributed by atoms with Gasteiger partial charge in [0.15, 0.2) is 0 Å². The van der Waals surface area contributed by atoms with E-state index in [1.54, 1.807) is 0 Å². The SMILES string of the molecule is CC(C)(C)[Si](C)(C)Oc1ccccc1CC(O)CN.Cl. The lowest BCUT2D eigenvalue weighted by Gasteiger charge is -2.37. The van der Waals surface area contributed by atoms with Crippen LogP contribution >= 0.6 is 12.4 Å². The van der Waals surface area contributed by atoms with Crippen LogP contribution in [0.15, 0.2) is 24.3 Å². The summed E-state index contributed by atoms with van der Waals surface area (Å²) in [7, 11) is -1.85. The van der Waals surface area contributed by atoms with Crippen molar-refractivity contribution in [3.63, 3.8) is 0 Å². The molecule has 0 aliphatic heterocycles. The smallest absolute Gasteiger partial charge is 0.250 e. The average Bonchev–Trinajstić information content (AvgIpc) is 2.29. The number of hydrogen-bond donors (Lipinski definition) is 2. The number of para-hydroxylation sites is 1. The van der Waals surface area contributed by atoms with Gasteiger partial charge < -0.3 is 15.3 Å². The molecule has 0 aliphatic rings. The van der Waals surface area contributed by atoms with Gasteiger partial charge in [-0.1, -0.05) is 39.0 Å². The van der Waals surface area contributed by atoms with Crippen molar-refractivity contribution in [2.24, 2.45) is 5.73 Å². The van der Waals surface area contributed by atoms with Gasteiger partial charge in [0, 0.05) is 13.0 Å². The monoisotopic (exact) mass is 317 g/mol. The van der Waals surface area contributed by atoms with Gasteiger partial charge in [-0.15, -0.1) is 12.4 Å². The van der Waals surface area contributed by atoms with Gasteiger partial charge >= 0.3 is 0 Å². The third-order valence-electron chi connectivity index (χ3n) is 3.87. The van der Waals surface area contributed by atoms with Crippen molar-refractivity contribution >= 4 is 20.7 Å². The minimum absolute atomic E-state index is 0. The minimum atomic E-state index is -1.85. The molecule has 1 aromatic carbocycles. The van der Waals surface area contributed by atoms with Crippen LogP contribution in [0, 0.1) is 0 Å². The number of hydrogen-bond acceptors (Lipinski definition) is 3. The average molecular weight is 318 g/mol. The molecule has 3 N–H and O–H groups in total. The molecule has 0 spiro atoms. The highest BCUT2D eigenvalue weighted by atomic mass is 35.5. The Morgan fingerprint density at radius 3 is 2.30 bits per heavy atom. The quantitative estimate of drug-likeness (QED) is 0.819. The molecule has 0 heterocycles. The van der Waals surface area contributed by atoms with Crippen molar-refractivity contribution in [1.29, 1.82) is 0 Å². The molecule has 0 fully saturated rings. The third-order valence-corrected chi connectivity index (χ3v) is 8.21. The zero-order valence-corrected chi connectivity index (χ0v) is 15.0. The summed E-state index contributed by atoms with van der Waals surface area (Å²) in [6.07, 6.45) is 0.0329. The van der Waals surface area contributed by atoms with E-state index in [2.05, 4.69) is 33.9 Å². The maximum atomic E-state index is 9.72. The van der Waals surface area contributed by atoms with E-state index in [1.165, 1.54) is 0 Å². The predicted octanol–water partition coefficient (Wildman–Crippen LogP) is 3.35. The maximum absolute atomic E-state index is 9.72. The summed E-state index contributed by atoms with van der Waals surface area (Å²) in [4.78, 5) is 0. The normalized spacial score (nSPS) is 13.6. The van der Waals surface area contributed by atoms with E-state index in [9.17, 15) is 5.11 Å². The van der Waals surface area contributed by atoms with Gasteiger partial charge in [0.2, 0.25) is 8.32 Å². The summed E-state index contributed by atoms with van der Waals surface area (Å²) in [5, 5.41) is 9.88. The van der Waals surface area contributed by atoms with E-state index >= 15 is 0 Å².